The van der Waals surface area contributed by atoms with E-state index in [1.165, 1.54) is 71.8 Å². The summed E-state index contributed by atoms with van der Waals surface area (Å²) in [6.07, 6.45) is 6.83. The first-order valence-corrected chi connectivity index (χ1v) is 24.1. The van der Waals surface area contributed by atoms with E-state index in [-0.39, 0.29) is 0 Å². The van der Waals surface area contributed by atoms with Crippen LogP contribution in [0.1, 0.15) is 39.8 Å². The molecule has 69 heavy (non-hydrogen) atoms. The van der Waals surface area contributed by atoms with Crippen molar-refractivity contribution in [1.82, 2.24) is 0 Å². The van der Waals surface area contributed by atoms with Gasteiger partial charge in [-0.1, -0.05) is 194 Å². The van der Waals surface area contributed by atoms with Crippen LogP contribution in [0.4, 0.5) is 17.1 Å². The molecule has 0 unspecified atom stereocenters. The molecule has 11 aromatic carbocycles. The fourth-order valence-corrected chi connectivity index (χ4v) is 11.8. The number of hydrogen-bond donors (Lipinski definition) is 0. The fourth-order valence-electron chi connectivity index (χ4n) is 11.8. The van der Waals surface area contributed by atoms with Gasteiger partial charge in [-0.05, 0) is 145 Å². The van der Waals surface area contributed by atoms with E-state index in [1.54, 1.807) is 0 Å². The molecule has 0 saturated carbocycles. The van der Waals surface area contributed by atoms with Crippen molar-refractivity contribution in [1.29, 1.82) is 0 Å². The number of nitrogens with zero attached hydrogens (tertiary/aromatic N) is 1. The number of aryl methyl sites for hydroxylation is 1. The number of benzene rings is 11. The van der Waals surface area contributed by atoms with Gasteiger partial charge in [-0.25, -0.2) is 0 Å². The average molecular weight is 880 g/mol. The molecule has 2 aliphatic rings. The number of rotatable bonds is 7. The Bertz CT molecular complexity index is 3970. The predicted molar refractivity (Wildman–Crippen MR) is 289 cm³/mol. The Balaban J connectivity index is 0.969. The minimum atomic E-state index is -0.540. The number of hydrogen-bond acceptors (Lipinski definition) is 2. The third kappa shape index (κ3) is 6.12. The lowest BCUT2D eigenvalue weighted by Gasteiger charge is -2.35. The van der Waals surface area contributed by atoms with Crippen LogP contribution in [0.2, 0.25) is 0 Å². The van der Waals surface area contributed by atoms with E-state index in [0.29, 0.717) is 0 Å². The van der Waals surface area contributed by atoms with E-state index >= 15 is 0 Å². The molecule has 0 radical (unpaired) electrons. The molecule has 2 heteroatoms. The molecular formula is C67H45NO. The van der Waals surface area contributed by atoms with Crippen LogP contribution in [0.25, 0.3) is 82.9 Å². The topological polar surface area (TPSA) is 16.4 Å². The minimum absolute atomic E-state index is 0.540. The Morgan fingerprint density at radius 3 is 1.91 bits per heavy atom. The van der Waals surface area contributed by atoms with Gasteiger partial charge >= 0.3 is 0 Å². The van der Waals surface area contributed by atoms with Gasteiger partial charge in [0.2, 0.25) is 0 Å². The van der Waals surface area contributed by atoms with Gasteiger partial charge in [0.05, 0.1) is 11.1 Å². The van der Waals surface area contributed by atoms with Crippen molar-refractivity contribution in [2.24, 2.45) is 0 Å². The maximum absolute atomic E-state index is 6.62. The van der Waals surface area contributed by atoms with Crippen LogP contribution in [0.15, 0.2) is 247 Å². The monoisotopic (exact) mass is 879 g/mol. The lowest BCUT2D eigenvalue weighted by Crippen LogP contribution is -2.28. The van der Waals surface area contributed by atoms with E-state index in [4.69, 9.17) is 4.42 Å². The minimum Gasteiger partial charge on any atom is -0.455 e. The zero-order valence-electron chi connectivity index (χ0n) is 37.9. The second kappa shape index (κ2) is 15.7. The number of furan rings is 1. The number of anilines is 3. The molecule has 0 saturated heterocycles. The van der Waals surface area contributed by atoms with Gasteiger partial charge in [-0.3, -0.25) is 0 Å². The summed E-state index contributed by atoms with van der Waals surface area (Å²) in [7, 11) is 0. The second-order valence-electron chi connectivity index (χ2n) is 18.6. The SMILES string of the molecule is C1=Cc2c(ccc3cc(-c4ccc(N(c5ccc6c(c5)C(c5ccccc5)(c5ccccc5)c5ccccc5-6)c5ccccc5-c5ccc6oc7c8ccccc8ccc7c6c5)cc4)ccc23)CC1. The lowest BCUT2D eigenvalue weighted by atomic mass is 9.67. The van der Waals surface area contributed by atoms with E-state index in [2.05, 4.69) is 254 Å². The highest BCUT2D eigenvalue weighted by Gasteiger charge is 2.46. The molecule has 0 fully saturated rings. The summed E-state index contributed by atoms with van der Waals surface area (Å²) in [6.45, 7) is 0. The Labute approximate surface area is 401 Å². The van der Waals surface area contributed by atoms with Gasteiger partial charge in [0.15, 0.2) is 0 Å². The molecule has 1 heterocycles. The second-order valence-corrected chi connectivity index (χ2v) is 18.6. The summed E-state index contributed by atoms with van der Waals surface area (Å²) in [5.41, 5.74) is 19.6. The molecule has 324 valence electrons. The zero-order valence-corrected chi connectivity index (χ0v) is 37.9. The quantitative estimate of drug-likeness (QED) is 0.159. The number of para-hydroxylation sites is 1. The average Bonchev–Trinajstić information content (AvgIpc) is 3.95. The predicted octanol–water partition coefficient (Wildman–Crippen LogP) is 18.0. The van der Waals surface area contributed by atoms with Crippen molar-refractivity contribution in [2.75, 3.05) is 4.90 Å². The molecule has 0 atom stereocenters. The summed E-state index contributed by atoms with van der Waals surface area (Å²) >= 11 is 0. The van der Waals surface area contributed by atoms with Gasteiger partial charge in [0.1, 0.15) is 11.2 Å². The summed E-state index contributed by atoms with van der Waals surface area (Å²) in [6, 6.07) is 87.5. The van der Waals surface area contributed by atoms with Crippen LogP contribution >= 0.6 is 0 Å². The molecule has 0 N–H and O–H groups in total. The van der Waals surface area contributed by atoms with Crippen LogP contribution in [-0.4, -0.2) is 0 Å². The highest BCUT2D eigenvalue weighted by molar-refractivity contribution is 6.15. The van der Waals surface area contributed by atoms with Gasteiger partial charge in [-0.2, -0.15) is 0 Å². The number of allylic oxidation sites excluding steroid dienone is 1. The first-order chi connectivity index (χ1) is 34.2. The molecule has 14 rings (SSSR count). The molecule has 0 spiro atoms. The molecule has 2 aliphatic carbocycles. The largest absolute Gasteiger partial charge is 0.455 e. The highest BCUT2D eigenvalue weighted by atomic mass is 16.3. The van der Waals surface area contributed by atoms with E-state index in [1.807, 2.05) is 0 Å². The van der Waals surface area contributed by atoms with Gasteiger partial charge in [0.25, 0.3) is 0 Å². The van der Waals surface area contributed by atoms with E-state index in [0.717, 1.165) is 68.4 Å². The fraction of sp³-hybridized carbons (Fsp3) is 0.0448. The van der Waals surface area contributed by atoms with Crippen molar-refractivity contribution in [3.05, 3.63) is 276 Å². The summed E-state index contributed by atoms with van der Waals surface area (Å²) in [5, 5.41) is 7.13. The number of fused-ring (bicyclic) bond motifs is 11. The third-order valence-electron chi connectivity index (χ3n) is 15.0. The van der Waals surface area contributed by atoms with Crippen molar-refractivity contribution in [2.45, 2.75) is 18.3 Å². The van der Waals surface area contributed by atoms with Crippen molar-refractivity contribution in [3.63, 3.8) is 0 Å². The first kappa shape index (κ1) is 39.4. The Morgan fingerprint density at radius 1 is 0.406 bits per heavy atom. The van der Waals surface area contributed by atoms with Crippen LogP contribution in [0.3, 0.4) is 0 Å². The zero-order chi connectivity index (χ0) is 45.5. The summed E-state index contributed by atoms with van der Waals surface area (Å²) in [4.78, 5) is 2.47. The standard InChI is InChI=1S/C67H45NO/c1-3-17-50(18-4-1)67(51-19-5-2-6-20-51)62-25-13-11-24-58(62)59-39-36-53(43-63(59)67)68(52-34-29-44(30-35-52)47-32-37-55-48(41-47)28-27-45-15-7-9-21-54(45)55)64-26-14-12-22-56(64)49-33-40-65-61(42-49)60-38-31-46-16-8-10-23-57(46)66(60)69-65/h1-6,8-14,16-43H,7,15H2. The van der Waals surface area contributed by atoms with Crippen LogP contribution in [0.5, 0.6) is 0 Å². The normalized spacial score (nSPS) is 13.4. The highest BCUT2D eigenvalue weighted by Crippen LogP contribution is 2.57. The maximum atomic E-state index is 6.62. The van der Waals surface area contributed by atoms with Crippen molar-refractivity contribution >= 4 is 66.6 Å². The Hall–Kier alpha value is -8.72. The lowest BCUT2D eigenvalue weighted by molar-refractivity contribution is 0.672. The maximum Gasteiger partial charge on any atom is 0.143 e. The Kier molecular flexibility index (Phi) is 8.97. The molecule has 0 aliphatic heterocycles. The Morgan fingerprint density at radius 2 is 1.07 bits per heavy atom. The van der Waals surface area contributed by atoms with Gasteiger partial charge in [-0.15, -0.1) is 0 Å². The van der Waals surface area contributed by atoms with Crippen LogP contribution in [0, 0.1) is 0 Å². The van der Waals surface area contributed by atoms with Crippen LogP contribution < -0.4 is 4.90 Å². The van der Waals surface area contributed by atoms with E-state index in [9.17, 15) is 0 Å². The molecular weight excluding hydrogens is 835 g/mol. The molecule has 1 aromatic heterocycles. The smallest absolute Gasteiger partial charge is 0.143 e. The van der Waals surface area contributed by atoms with E-state index < -0.39 is 5.41 Å². The summed E-state index contributed by atoms with van der Waals surface area (Å²) < 4.78 is 6.62. The molecule has 0 amide bonds. The van der Waals surface area contributed by atoms with Gasteiger partial charge < -0.3 is 9.32 Å². The molecule has 0 bridgehead atoms. The van der Waals surface area contributed by atoms with Crippen molar-refractivity contribution < 1.29 is 4.42 Å². The van der Waals surface area contributed by atoms with Crippen molar-refractivity contribution in [3.8, 4) is 33.4 Å². The first-order valence-electron chi connectivity index (χ1n) is 24.1. The third-order valence-corrected chi connectivity index (χ3v) is 15.0. The molecule has 12 aromatic rings. The van der Waals surface area contributed by atoms with Gasteiger partial charge in [0, 0.05) is 33.1 Å². The molecule has 2 nitrogen and oxygen atoms in total. The van der Waals surface area contributed by atoms with Crippen LogP contribution in [-0.2, 0) is 11.8 Å². The summed E-state index contributed by atoms with van der Waals surface area (Å²) in [5.74, 6) is 0.